The molecule has 0 spiro atoms. The molecule has 110 valence electrons. The molecule has 3 nitrogen and oxygen atoms in total. The number of carbonyl (C=O) groups is 1. The van der Waals surface area contributed by atoms with Gasteiger partial charge in [-0.1, -0.05) is 55.5 Å². The van der Waals surface area contributed by atoms with Gasteiger partial charge in [-0.2, -0.15) is 0 Å². The van der Waals surface area contributed by atoms with Crippen LogP contribution in [-0.2, 0) is 10.4 Å². The lowest BCUT2D eigenvalue weighted by Crippen LogP contribution is -2.36. The highest BCUT2D eigenvalue weighted by atomic mass is 16.3. The molecule has 0 bridgehead atoms. The number of hydrogen-bond donors (Lipinski definition) is 1. The molecule has 0 aliphatic rings. The molecule has 1 aromatic heterocycles. The largest absolute Gasteiger partial charge is 0.380 e. The van der Waals surface area contributed by atoms with Gasteiger partial charge in [-0.05, 0) is 17.7 Å². The number of pyridine rings is 1. The quantitative estimate of drug-likeness (QED) is 0.750. The lowest BCUT2D eigenvalue weighted by molar-refractivity contribution is -0.117. The van der Waals surface area contributed by atoms with E-state index in [1.165, 1.54) is 0 Å². The first kappa shape index (κ1) is 14.4. The van der Waals surface area contributed by atoms with E-state index in [1.807, 2.05) is 60.7 Å². The van der Waals surface area contributed by atoms with Gasteiger partial charge in [0.2, 0.25) is 0 Å². The average Bonchev–Trinajstić information content (AvgIpc) is 2.60. The molecule has 0 aliphatic heterocycles. The van der Waals surface area contributed by atoms with Gasteiger partial charge in [0, 0.05) is 23.1 Å². The Morgan fingerprint density at radius 3 is 2.45 bits per heavy atom. The third-order valence-corrected chi connectivity index (χ3v) is 4.11. The molecule has 3 heteroatoms. The Hall–Kier alpha value is -2.52. The number of benzene rings is 2. The molecule has 0 fully saturated rings. The SMILES string of the molecule is CC(C=O)C(O)(c1ccccc1)c1cnc2ccccc2c1. The molecule has 1 N–H and O–H groups in total. The molecule has 22 heavy (non-hydrogen) atoms. The van der Waals surface area contributed by atoms with Gasteiger partial charge in [0.1, 0.15) is 11.9 Å². The van der Waals surface area contributed by atoms with Crippen molar-refractivity contribution in [2.75, 3.05) is 0 Å². The third kappa shape index (κ3) is 2.30. The topological polar surface area (TPSA) is 50.2 Å². The van der Waals surface area contributed by atoms with Crippen LogP contribution in [0.2, 0.25) is 0 Å². The van der Waals surface area contributed by atoms with Crippen LogP contribution in [0.5, 0.6) is 0 Å². The second kappa shape index (κ2) is 5.70. The average molecular weight is 291 g/mol. The van der Waals surface area contributed by atoms with Crippen molar-refractivity contribution in [3.05, 3.63) is 78.0 Å². The maximum Gasteiger partial charge on any atom is 0.126 e. The van der Waals surface area contributed by atoms with E-state index >= 15 is 0 Å². The number of rotatable bonds is 4. The summed E-state index contributed by atoms with van der Waals surface area (Å²) < 4.78 is 0. The third-order valence-electron chi connectivity index (χ3n) is 4.11. The Labute approximate surface area is 129 Å². The van der Waals surface area contributed by atoms with Crippen molar-refractivity contribution in [1.29, 1.82) is 0 Å². The second-order valence-corrected chi connectivity index (χ2v) is 5.47. The molecule has 0 saturated carbocycles. The fourth-order valence-electron chi connectivity index (χ4n) is 2.76. The van der Waals surface area contributed by atoms with E-state index in [4.69, 9.17) is 0 Å². The number of fused-ring (bicyclic) bond motifs is 1. The number of aldehydes is 1. The number of hydrogen-bond acceptors (Lipinski definition) is 3. The first-order chi connectivity index (χ1) is 10.7. The number of carbonyl (C=O) groups excluding carboxylic acids is 1. The molecule has 0 radical (unpaired) electrons. The van der Waals surface area contributed by atoms with Gasteiger partial charge in [-0.25, -0.2) is 0 Å². The van der Waals surface area contributed by atoms with Crippen molar-refractivity contribution < 1.29 is 9.90 Å². The van der Waals surface area contributed by atoms with Crippen LogP contribution in [0.3, 0.4) is 0 Å². The number of nitrogens with zero attached hydrogens (tertiary/aromatic N) is 1. The summed E-state index contributed by atoms with van der Waals surface area (Å²) in [5, 5.41) is 12.2. The van der Waals surface area contributed by atoms with Crippen LogP contribution in [0.4, 0.5) is 0 Å². The molecular formula is C19H17NO2. The summed E-state index contributed by atoms with van der Waals surface area (Å²) in [6.45, 7) is 1.72. The first-order valence-corrected chi connectivity index (χ1v) is 7.24. The highest BCUT2D eigenvalue weighted by Crippen LogP contribution is 2.36. The fourth-order valence-corrected chi connectivity index (χ4v) is 2.76. The van der Waals surface area contributed by atoms with E-state index in [9.17, 15) is 9.90 Å². The Balaban J connectivity index is 2.22. The standard InChI is InChI=1S/C19H17NO2/c1-14(13-21)19(22,16-8-3-2-4-9-16)17-11-15-7-5-6-10-18(15)20-12-17/h2-14,22H,1H3. The van der Waals surface area contributed by atoms with E-state index in [-0.39, 0.29) is 0 Å². The normalized spacial score (nSPS) is 15.2. The molecule has 0 amide bonds. The summed E-state index contributed by atoms with van der Waals surface area (Å²) in [5.74, 6) is -0.585. The van der Waals surface area contributed by atoms with Gasteiger partial charge in [0.05, 0.1) is 5.52 Å². The van der Waals surface area contributed by atoms with Crippen LogP contribution in [0.25, 0.3) is 10.9 Å². The van der Waals surface area contributed by atoms with E-state index in [1.54, 1.807) is 13.1 Å². The van der Waals surface area contributed by atoms with E-state index in [2.05, 4.69) is 4.98 Å². The lowest BCUT2D eigenvalue weighted by atomic mass is 9.78. The minimum absolute atomic E-state index is 0.585. The van der Waals surface area contributed by atoms with Crippen molar-refractivity contribution in [3.63, 3.8) is 0 Å². The van der Waals surface area contributed by atoms with E-state index in [0.29, 0.717) is 11.1 Å². The van der Waals surface area contributed by atoms with E-state index in [0.717, 1.165) is 17.2 Å². The van der Waals surface area contributed by atoms with Crippen LogP contribution in [0, 0.1) is 5.92 Å². The zero-order valence-corrected chi connectivity index (χ0v) is 12.3. The van der Waals surface area contributed by atoms with Crippen LogP contribution < -0.4 is 0 Å². The minimum Gasteiger partial charge on any atom is -0.380 e. The predicted molar refractivity (Wildman–Crippen MR) is 86.4 cm³/mol. The van der Waals surface area contributed by atoms with Gasteiger partial charge in [0.15, 0.2) is 0 Å². The Morgan fingerprint density at radius 1 is 1.05 bits per heavy atom. The van der Waals surface area contributed by atoms with Gasteiger partial charge < -0.3 is 9.90 Å². The summed E-state index contributed by atoms with van der Waals surface area (Å²) in [5.41, 5.74) is 0.782. The zero-order chi connectivity index (χ0) is 15.6. The summed E-state index contributed by atoms with van der Waals surface area (Å²) >= 11 is 0. The summed E-state index contributed by atoms with van der Waals surface area (Å²) in [6.07, 6.45) is 2.43. The smallest absolute Gasteiger partial charge is 0.126 e. The molecule has 3 rings (SSSR count). The van der Waals surface area contributed by atoms with Gasteiger partial charge in [-0.3, -0.25) is 4.98 Å². The predicted octanol–water partition coefficient (Wildman–Crippen LogP) is 3.31. The monoisotopic (exact) mass is 291 g/mol. The molecule has 2 atom stereocenters. The molecule has 2 aromatic carbocycles. The molecular weight excluding hydrogens is 274 g/mol. The highest BCUT2D eigenvalue weighted by Gasteiger charge is 2.38. The Kier molecular flexibility index (Phi) is 3.73. The van der Waals surface area contributed by atoms with Crippen LogP contribution in [-0.4, -0.2) is 16.4 Å². The summed E-state index contributed by atoms with van der Waals surface area (Å²) in [4.78, 5) is 15.8. The molecule has 2 unspecified atom stereocenters. The molecule has 3 aromatic rings. The van der Waals surface area contributed by atoms with Crippen molar-refractivity contribution in [2.45, 2.75) is 12.5 Å². The molecule has 0 saturated heterocycles. The van der Waals surface area contributed by atoms with E-state index < -0.39 is 11.5 Å². The van der Waals surface area contributed by atoms with Crippen LogP contribution in [0.15, 0.2) is 66.9 Å². The van der Waals surface area contributed by atoms with Gasteiger partial charge in [-0.15, -0.1) is 0 Å². The maximum atomic E-state index is 11.4. The highest BCUT2D eigenvalue weighted by molar-refractivity contribution is 5.79. The fraction of sp³-hybridized carbons (Fsp3) is 0.158. The van der Waals surface area contributed by atoms with Crippen molar-refractivity contribution >= 4 is 17.2 Å². The molecule has 0 aliphatic carbocycles. The second-order valence-electron chi connectivity index (χ2n) is 5.47. The van der Waals surface area contributed by atoms with Crippen molar-refractivity contribution in [1.82, 2.24) is 4.98 Å². The van der Waals surface area contributed by atoms with Crippen molar-refractivity contribution in [3.8, 4) is 0 Å². The maximum absolute atomic E-state index is 11.4. The number of aliphatic hydroxyl groups is 1. The summed E-state index contributed by atoms with van der Waals surface area (Å²) in [7, 11) is 0. The Morgan fingerprint density at radius 2 is 1.73 bits per heavy atom. The first-order valence-electron chi connectivity index (χ1n) is 7.24. The van der Waals surface area contributed by atoms with Crippen molar-refractivity contribution in [2.24, 2.45) is 5.92 Å². The zero-order valence-electron chi connectivity index (χ0n) is 12.3. The summed E-state index contributed by atoms with van der Waals surface area (Å²) in [6, 6.07) is 18.9. The van der Waals surface area contributed by atoms with Crippen LogP contribution >= 0.6 is 0 Å². The van der Waals surface area contributed by atoms with Gasteiger partial charge in [0.25, 0.3) is 0 Å². The number of aromatic nitrogens is 1. The molecule has 1 heterocycles. The minimum atomic E-state index is -1.39. The van der Waals surface area contributed by atoms with Crippen LogP contribution in [0.1, 0.15) is 18.1 Å². The Bertz CT molecular complexity index is 801. The lowest BCUT2D eigenvalue weighted by Gasteiger charge is -2.32. The van der Waals surface area contributed by atoms with Gasteiger partial charge >= 0.3 is 0 Å². The number of para-hydroxylation sites is 1.